The molecule has 0 aliphatic carbocycles. The van der Waals surface area contributed by atoms with Gasteiger partial charge in [0.15, 0.2) is 6.61 Å². The number of ether oxygens (including phenoxy) is 1. The predicted octanol–water partition coefficient (Wildman–Crippen LogP) is 1.58. The van der Waals surface area contributed by atoms with E-state index >= 15 is 0 Å². The summed E-state index contributed by atoms with van der Waals surface area (Å²) in [6, 6.07) is 5.90. The summed E-state index contributed by atoms with van der Waals surface area (Å²) < 4.78 is 4.76. The van der Waals surface area contributed by atoms with Gasteiger partial charge in [0.25, 0.3) is 5.91 Å². The maximum Gasteiger partial charge on any atom is 0.407 e. The van der Waals surface area contributed by atoms with Gasteiger partial charge < -0.3 is 30.7 Å². The minimum absolute atomic E-state index is 0.0307. The largest absolute Gasteiger partial charge is 0.439 e. The second-order valence-corrected chi connectivity index (χ2v) is 11.1. The topological polar surface area (TPSA) is 150 Å². The smallest absolute Gasteiger partial charge is 0.407 e. The summed E-state index contributed by atoms with van der Waals surface area (Å²) in [5.41, 5.74) is 3.98. The van der Waals surface area contributed by atoms with Crippen molar-refractivity contribution in [3.05, 3.63) is 41.0 Å². The van der Waals surface area contributed by atoms with Crippen molar-refractivity contribution >= 4 is 35.2 Å². The molecule has 4 N–H and O–H groups in total. The molecule has 1 fully saturated rings. The molecule has 0 spiro atoms. The molecule has 11 nitrogen and oxygen atoms in total. The Kier molecular flexibility index (Phi) is 9.45. The predicted molar refractivity (Wildman–Crippen MR) is 142 cm³/mol. The number of likely N-dealkylation sites (tertiary alicyclic amines) is 1. The number of aromatic nitrogens is 1. The number of hydrogen-bond acceptors (Lipinski definition) is 8. The maximum absolute atomic E-state index is 13.5. The average Bonchev–Trinajstić information content (AvgIpc) is 3.48. The van der Waals surface area contributed by atoms with Crippen LogP contribution >= 0.6 is 11.3 Å². The van der Waals surface area contributed by atoms with Crippen molar-refractivity contribution in [2.75, 3.05) is 20.2 Å². The molecule has 3 atom stereocenters. The number of β-amino-alcohol motifs (C(OH)–C–C–N with tert-alkyl or cyclic N) is 1. The second-order valence-electron chi connectivity index (χ2n) is 10.3. The summed E-state index contributed by atoms with van der Waals surface area (Å²) in [5.74, 6) is -1.54. The highest BCUT2D eigenvalue weighted by molar-refractivity contribution is 7.13. The molecule has 2 aromatic rings. The van der Waals surface area contributed by atoms with Gasteiger partial charge in [-0.05, 0) is 23.5 Å². The Morgan fingerprint density at radius 3 is 2.47 bits per heavy atom. The van der Waals surface area contributed by atoms with Gasteiger partial charge in [-0.3, -0.25) is 14.4 Å². The number of hydrogen-bond donors (Lipinski definition) is 4. The first kappa shape index (κ1) is 29.1. The number of aryl methyl sites for hydroxylation is 1. The summed E-state index contributed by atoms with van der Waals surface area (Å²) in [4.78, 5) is 57.0. The first-order chi connectivity index (χ1) is 17.9. The van der Waals surface area contributed by atoms with E-state index in [0.29, 0.717) is 0 Å². The van der Waals surface area contributed by atoms with Crippen LogP contribution < -0.4 is 16.0 Å². The molecule has 38 heavy (non-hydrogen) atoms. The molecule has 1 aliphatic rings. The van der Waals surface area contributed by atoms with Gasteiger partial charge in [-0.15, -0.1) is 11.3 Å². The van der Waals surface area contributed by atoms with Crippen molar-refractivity contribution < 1.29 is 29.0 Å². The fourth-order valence-electron chi connectivity index (χ4n) is 4.19. The zero-order valence-corrected chi connectivity index (χ0v) is 23.1. The Morgan fingerprint density at radius 2 is 1.89 bits per heavy atom. The van der Waals surface area contributed by atoms with E-state index in [1.807, 2.05) is 31.2 Å². The van der Waals surface area contributed by atoms with Crippen LogP contribution in [0.2, 0.25) is 0 Å². The highest BCUT2D eigenvalue weighted by Gasteiger charge is 2.44. The van der Waals surface area contributed by atoms with Crippen molar-refractivity contribution in [1.29, 1.82) is 0 Å². The Hall–Kier alpha value is -3.51. The zero-order chi connectivity index (χ0) is 28.0. The number of carbonyl (C=O) groups excluding carboxylic acids is 4. The zero-order valence-electron chi connectivity index (χ0n) is 22.2. The van der Waals surface area contributed by atoms with E-state index in [4.69, 9.17) is 4.74 Å². The molecule has 0 saturated carbocycles. The lowest BCUT2D eigenvalue weighted by Gasteiger charge is -2.35. The lowest BCUT2D eigenvalue weighted by atomic mass is 9.85. The Balaban J connectivity index is 1.65. The molecule has 1 saturated heterocycles. The van der Waals surface area contributed by atoms with E-state index in [2.05, 4.69) is 20.9 Å². The first-order valence-electron chi connectivity index (χ1n) is 12.3. The van der Waals surface area contributed by atoms with Crippen LogP contribution in [-0.2, 0) is 25.7 Å². The number of thiazole rings is 1. The number of nitrogens with one attached hydrogen (secondary N) is 3. The molecule has 0 radical (unpaired) electrons. The van der Waals surface area contributed by atoms with Crippen LogP contribution in [0.4, 0.5) is 4.79 Å². The number of aliphatic hydroxyl groups excluding tert-OH is 1. The Labute approximate surface area is 226 Å². The van der Waals surface area contributed by atoms with Gasteiger partial charge in [0.1, 0.15) is 12.1 Å². The summed E-state index contributed by atoms with van der Waals surface area (Å²) in [5, 5.41) is 18.0. The van der Waals surface area contributed by atoms with Crippen LogP contribution in [-0.4, -0.2) is 77.2 Å². The van der Waals surface area contributed by atoms with Crippen LogP contribution in [0.15, 0.2) is 29.8 Å². The van der Waals surface area contributed by atoms with Crippen LogP contribution in [0, 0.1) is 12.3 Å². The number of amides is 4. The summed E-state index contributed by atoms with van der Waals surface area (Å²) in [6.45, 7) is 6.94. The lowest BCUT2D eigenvalue weighted by Crippen LogP contribution is -2.58. The summed E-state index contributed by atoms with van der Waals surface area (Å²) in [6.07, 6.45) is -1.55. The number of carbonyl (C=O) groups is 4. The van der Waals surface area contributed by atoms with E-state index in [-0.39, 0.29) is 25.4 Å². The molecule has 3 rings (SSSR count). The SMILES string of the molecule is CNC(=O)OCC(=O)NC(C(=O)N1C[C@H](O)C[C@H]1C(=O)NCc1ccc(-c2scnc2C)cc1)C(C)(C)C. The van der Waals surface area contributed by atoms with E-state index in [9.17, 15) is 24.3 Å². The summed E-state index contributed by atoms with van der Waals surface area (Å²) >= 11 is 1.57. The van der Waals surface area contributed by atoms with Crippen LogP contribution in [0.25, 0.3) is 10.4 Å². The van der Waals surface area contributed by atoms with Gasteiger partial charge in [0.2, 0.25) is 11.8 Å². The molecule has 12 heteroatoms. The molecule has 4 amide bonds. The molecule has 1 aromatic carbocycles. The second kappa shape index (κ2) is 12.4. The average molecular weight is 546 g/mol. The number of rotatable bonds is 8. The Bertz CT molecular complexity index is 1160. The molecular weight excluding hydrogens is 510 g/mol. The monoisotopic (exact) mass is 545 g/mol. The van der Waals surface area contributed by atoms with E-state index in [1.165, 1.54) is 11.9 Å². The van der Waals surface area contributed by atoms with Crippen LogP contribution in [0.5, 0.6) is 0 Å². The van der Waals surface area contributed by atoms with Crippen LogP contribution in [0.3, 0.4) is 0 Å². The fourth-order valence-corrected chi connectivity index (χ4v) is 5.00. The van der Waals surface area contributed by atoms with Gasteiger partial charge in [0.05, 0.1) is 22.2 Å². The third kappa shape index (κ3) is 7.29. The molecule has 1 aliphatic heterocycles. The molecular formula is C26H35N5O6S. The summed E-state index contributed by atoms with van der Waals surface area (Å²) in [7, 11) is 1.37. The maximum atomic E-state index is 13.5. The molecule has 2 heterocycles. The van der Waals surface area contributed by atoms with E-state index in [1.54, 1.807) is 37.6 Å². The van der Waals surface area contributed by atoms with Crippen molar-refractivity contribution in [2.45, 2.75) is 58.8 Å². The van der Waals surface area contributed by atoms with Crippen molar-refractivity contribution in [2.24, 2.45) is 5.41 Å². The quantitative estimate of drug-likeness (QED) is 0.393. The minimum Gasteiger partial charge on any atom is -0.439 e. The number of aliphatic hydroxyl groups is 1. The lowest BCUT2D eigenvalue weighted by molar-refractivity contribution is -0.144. The third-order valence-corrected chi connectivity index (χ3v) is 7.23. The van der Waals surface area contributed by atoms with Gasteiger partial charge in [-0.1, -0.05) is 45.0 Å². The fraction of sp³-hybridized carbons (Fsp3) is 0.500. The van der Waals surface area contributed by atoms with Crippen LogP contribution in [0.1, 0.15) is 38.4 Å². The van der Waals surface area contributed by atoms with Gasteiger partial charge in [0, 0.05) is 26.6 Å². The molecule has 0 bridgehead atoms. The molecule has 1 aromatic heterocycles. The van der Waals surface area contributed by atoms with Crippen molar-refractivity contribution in [1.82, 2.24) is 25.8 Å². The van der Waals surface area contributed by atoms with E-state index < -0.39 is 48.1 Å². The number of alkyl carbamates (subject to hydrolysis) is 1. The minimum atomic E-state index is -1.01. The highest BCUT2D eigenvalue weighted by Crippen LogP contribution is 2.28. The van der Waals surface area contributed by atoms with Gasteiger partial charge in [-0.2, -0.15) is 0 Å². The first-order valence-corrected chi connectivity index (χ1v) is 13.2. The standard InChI is InChI=1S/C26H35N5O6S/c1-15-21(38-14-29-15)17-8-6-16(7-9-17)11-28-23(34)19-10-18(32)12-31(19)24(35)22(26(2,3)4)30-20(33)13-37-25(36)27-5/h6-9,14,18-19,22,32H,10-13H2,1-5H3,(H,27,36)(H,28,34)(H,30,33)/t18-,19+,22?/m1/s1. The normalized spacial score (nSPS) is 18.0. The molecule has 1 unspecified atom stereocenters. The van der Waals surface area contributed by atoms with E-state index in [0.717, 1.165) is 21.7 Å². The number of benzene rings is 1. The van der Waals surface area contributed by atoms with Gasteiger partial charge in [-0.25, -0.2) is 9.78 Å². The van der Waals surface area contributed by atoms with Gasteiger partial charge >= 0.3 is 6.09 Å². The molecule has 206 valence electrons. The van der Waals surface area contributed by atoms with Crippen molar-refractivity contribution in [3.63, 3.8) is 0 Å². The Morgan fingerprint density at radius 1 is 1.21 bits per heavy atom. The number of nitrogens with zero attached hydrogens (tertiary/aromatic N) is 2. The third-order valence-electron chi connectivity index (χ3n) is 6.25. The highest BCUT2D eigenvalue weighted by atomic mass is 32.1. The van der Waals surface area contributed by atoms with Crippen molar-refractivity contribution in [3.8, 4) is 10.4 Å².